The quantitative estimate of drug-likeness (QED) is 0.753. The van der Waals surface area contributed by atoms with Gasteiger partial charge < -0.3 is 5.73 Å². The molecule has 3 N–H and O–H groups in total. The fraction of sp³-hybridized carbons (Fsp3) is 0.727. The van der Waals surface area contributed by atoms with E-state index in [1.165, 1.54) is 36.9 Å². The summed E-state index contributed by atoms with van der Waals surface area (Å²) in [5.41, 5.74) is 8.18. The van der Waals surface area contributed by atoms with Crippen LogP contribution in [0.1, 0.15) is 42.9 Å². The summed E-state index contributed by atoms with van der Waals surface area (Å²) in [6.45, 7) is 2.07. The van der Waals surface area contributed by atoms with Gasteiger partial charge >= 0.3 is 0 Å². The van der Waals surface area contributed by atoms with Gasteiger partial charge in [0.25, 0.3) is 0 Å². The highest BCUT2D eigenvalue weighted by molar-refractivity contribution is 5.42. The van der Waals surface area contributed by atoms with Crippen molar-refractivity contribution >= 4 is 5.82 Å². The van der Waals surface area contributed by atoms with Crippen LogP contribution in [-0.4, -0.2) is 10.2 Å². The maximum absolute atomic E-state index is 5.72. The average molecular weight is 191 g/mol. The molecule has 0 aromatic carbocycles. The maximum Gasteiger partial charge on any atom is 0.148 e. The number of anilines is 1. The number of nitrogens with two attached hydrogens (primary N) is 1. The molecule has 14 heavy (non-hydrogen) atoms. The van der Waals surface area contributed by atoms with Crippen LogP contribution in [0.2, 0.25) is 0 Å². The van der Waals surface area contributed by atoms with Gasteiger partial charge in [-0.25, -0.2) is 0 Å². The molecule has 0 bridgehead atoms. The summed E-state index contributed by atoms with van der Waals surface area (Å²) in [6, 6.07) is 0. The minimum Gasteiger partial charge on any atom is -0.382 e. The van der Waals surface area contributed by atoms with Crippen LogP contribution in [0, 0.1) is 18.8 Å². The van der Waals surface area contributed by atoms with Crippen LogP contribution in [-0.2, 0) is 0 Å². The molecule has 0 atom stereocenters. The number of H-pyrrole nitrogens is 1. The molecular weight excluding hydrogens is 174 g/mol. The highest BCUT2D eigenvalue weighted by Crippen LogP contribution is 2.53. The van der Waals surface area contributed by atoms with Gasteiger partial charge in [-0.15, -0.1) is 0 Å². The summed E-state index contributed by atoms with van der Waals surface area (Å²) >= 11 is 0. The highest BCUT2D eigenvalue weighted by atomic mass is 15.2. The van der Waals surface area contributed by atoms with Crippen molar-refractivity contribution in [2.24, 2.45) is 11.8 Å². The largest absolute Gasteiger partial charge is 0.382 e. The van der Waals surface area contributed by atoms with Crippen LogP contribution >= 0.6 is 0 Å². The van der Waals surface area contributed by atoms with Crippen LogP contribution in [0.15, 0.2) is 0 Å². The van der Waals surface area contributed by atoms with E-state index in [1.807, 2.05) is 0 Å². The van der Waals surface area contributed by atoms with Crippen molar-refractivity contribution in [1.29, 1.82) is 0 Å². The lowest BCUT2D eigenvalue weighted by molar-refractivity contribution is 0.227. The first-order valence-corrected chi connectivity index (χ1v) is 5.56. The first-order valence-electron chi connectivity index (χ1n) is 5.56. The first-order chi connectivity index (χ1) is 6.75. The van der Waals surface area contributed by atoms with Gasteiger partial charge in [0.2, 0.25) is 0 Å². The Balaban J connectivity index is 1.70. The molecule has 76 valence electrons. The molecule has 1 heterocycles. The predicted octanol–water partition coefficient (Wildman–Crippen LogP) is 2.20. The fourth-order valence-corrected chi connectivity index (χ4v) is 2.67. The van der Waals surface area contributed by atoms with Crippen molar-refractivity contribution < 1.29 is 0 Å². The lowest BCUT2D eigenvalue weighted by atomic mass is 9.70. The third-order valence-corrected chi connectivity index (χ3v) is 3.96. The molecule has 2 aliphatic rings. The van der Waals surface area contributed by atoms with Gasteiger partial charge in [-0.2, -0.15) is 5.10 Å². The topological polar surface area (TPSA) is 54.7 Å². The number of nitrogens with one attached hydrogen (secondary N) is 1. The average Bonchev–Trinajstić information content (AvgIpc) is 2.85. The van der Waals surface area contributed by atoms with Gasteiger partial charge in [-0.3, -0.25) is 5.10 Å². The summed E-state index contributed by atoms with van der Waals surface area (Å²) < 4.78 is 0. The molecule has 3 nitrogen and oxygen atoms in total. The molecule has 0 spiro atoms. The van der Waals surface area contributed by atoms with Gasteiger partial charge in [0.1, 0.15) is 5.82 Å². The van der Waals surface area contributed by atoms with Crippen molar-refractivity contribution in [1.82, 2.24) is 10.2 Å². The van der Waals surface area contributed by atoms with Crippen molar-refractivity contribution in [2.45, 2.75) is 38.5 Å². The zero-order chi connectivity index (χ0) is 9.71. The van der Waals surface area contributed by atoms with Crippen LogP contribution in [0.5, 0.6) is 0 Å². The summed E-state index contributed by atoms with van der Waals surface area (Å²) in [7, 11) is 0. The third kappa shape index (κ3) is 1.15. The van der Waals surface area contributed by atoms with E-state index in [1.54, 1.807) is 0 Å². The molecule has 1 aromatic heterocycles. The Morgan fingerprint density at radius 2 is 2.00 bits per heavy atom. The normalized spacial score (nSPS) is 31.5. The Kier molecular flexibility index (Phi) is 1.64. The van der Waals surface area contributed by atoms with E-state index in [9.17, 15) is 0 Å². The molecule has 0 radical (unpaired) electrons. The minimum absolute atomic E-state index is 0.676. The Morgan fingerprint density at radius 3 is 2.50 bits per heavy atom. The Labute approximate surface area is 84.1 Å². The standard InChI is InChI=1S/C11H17N3/c1-6-10(13-14-11(6)12)9-4-8(5-9)7-2-3-7/h7-9H,2-5H2,1H3,(H3,12,13,14). The zero-order valence-corrected chi connectivity index (χ0v) is 8.59. The van der Waals surface area contributed by atoms with Gasteiger partial charge in [-0.1, -0.05) is 0 Å². The second-order valence-corrected chi connectivity index (χ2v) is 4.91. The van der Waals surface area contributed by atoms with E-state index in [4.69, 9.17) is 5.73 Å². The molecule has 3 heteroatoms. The lowest BCUT2D eigenvalue weighted by Gasteiger charge is -2.35. The number of hydrogen-bond acceptors (Lipinski definition) is 2. The highest BCUT2D eigenvalue weighted by Gasteiger charge is 2.41. The van der Waals surface area contributed by atoms with E-state index < -0.39 is 0 Å². The monoisotopic (exact) mass is 191 g/mol. The van der Waals surface area contributed by atoms with Gasteiger partial charge in [0.05, 0.1) is 0 Å². The summed E-state index contributed by atoms with van der Waals surface area (Å²) in [6.07, 6.45) is 5.66. The number of aromatic nitrogens is 2. The Morgan fingerprint density at radius 1 is 1.29 bits per heavy atom. The Bertz CT molecular complexity index is 345. The van der Waals surface area contributed by atoms with Crippen LogP contribution < -0.4 is 5.73 Å². The number of hydrogen-bond donors (Lipinski definition) is 2. The summed E-state index contributed by atoms with van der Waals surface area (Å²) in [4.78, 5) is 0. The smallest absolute Gasteiger partial charge is 0.148 e. The number of nitrogen functional groups attached to an aromatic ring is 1. The molecule has 2 saturated carbocycles. The molecule has 0 amide bonds. The molecule has 3 rings (SSSR count). The second kappa shape index (κ2) is 2.75. The Hall–Kier alpha value is -0.990. The molecule has 2 aliphatic carbocycles. The van der Waals surface area contributed by atoms with E-state index in [0.717, 1.165) is 11.8 Å². The molecular formula is C11H17N3. The summed E-state index contributed by atoms with van der Waals surface area (Å²) in [5.74, 6) is 3.45. The van der Waals surface area contributed by atoms with Gasteiger partial charge in [-0.05, 0) is 44.4 Å². The van der Waals surface area contributed by atoms with Gasteiger partial charge in [0, 0.05) is 17.2 Å². The third-order valence-electron chi connectivity index (χ3n) is 3.96. The van der Waals surface area contributed by atoms with Crippen LogP contribution in [0.25, 0.3) is 0 Å². The number of nitrogens with zero attached hydrogens (tertiary/aromatic N) is 1. The van der Waals surface area contributed by atoms with E-state index in [2.05, 4.69) is 17.1 Å². The lowest BCUT2D eigenvalue weighted by Crippen LogP contribution is -2.24. The molecule has 2 fully saturated rings. The van der Waals surface area contributed by atoms with Gasteiger partial charge in [0.15, 0.2) is 0 Å². The molecule has 0 aliphatic heterocycles. The molecule has 0 unspecified atom stereocenters. The van der Waals surface area contributed by atoms with E-state index in [0.29, 0.717) is 11.7 Å². The first kappa shape index (κ1) is 8.33. The molecule has 0 saturated heterocycles. The fourth-order valence-electron chi connectivity index (χ4n) is 2.67. The minimum atomic E-state index is 0.676. The molecule has 1 aromatic rings. The van der Waals surface area contributed by atoms with Crippen molar-refractivity contribution in [3.63, 3.8) is 0 Å². The van der Waals surface area contributed by atoms with E-state index in [-0.39, 0.29) is 0 Å². The number of aromatic amines is 1. The van der Waals surface area contributed by atoms with Crippen molar-refractivity contribution in [3.8, 4) is 0 Å². The van der Waals surface area contributed by atoms with Crippen LogP contribution in [0.3, 0.4) is 0 Å². The zero-order valence-electron chi connectivity index (χ0n) is 8.59. The second-order valence-electron chi connectivity index (χ2n) is 4.91. The summed E-state index contributed by atoms with van der Waals surface area (Å²) in [5, 5.41) is 7.14. The predicted molar refractivity (Wildman–Crippen MR) is 55.9 cm³/mol. The van der Waals surface area contributed by atoms with Crippen molar-refractivity contribution in [2.75, 3.05) is 5.73 Å². The number of rotatable bonds is 2. The maximum atomic E-state index is 5.72. The SMILES string of the molecule is Cc1c(N)n[nH]c1C1CC(C2CC2)C1. The van der Waals surface area contributed by atoms with Crippen molar-refractivity contribution in [3.05, 3.63) is 11.3 Å². The van der Waals surface area contributed by atoms with Crippen LogP contribution in [0.4, 0.5) is 5.82 Å². The van der Waals surface area contributed by atoms with E-state index >= 15 is 0 Å².